The highest BCUT2D eigenvalue weighted by molar-refractivity contribution is 6.14. The molecule has 16 heavy (non-hydrogen) atoms. The van der Waals surface area contributed by atoms with E-state index in [1.807, 2.05) is 0 Å². The number of hydrogen-bond acceptors (Lipinski definition) is 2. The second kappa shape index (κ2) is 4.37. The summed E-state index contributed by atoms with van der Waals surface area (Å²) in [6, 6.07) is 5.02. The maximum Gasteiger partial charge on any atom is 0.335 e. The van der Waals surface area contributed by atoms with Gasteiger partial charge in [0.05, 0.1) is 12.0 Å². The van der Waals surface area contributed by atoms with Crippen molar-refractivity contribution >= 4 is 35.5 Å². The fourth-order valence-electron chi connectivity index (χ4n) is 1.54. The van der Waals surface area contributed by atoms with Crippen LogP contribution in [0.4, 0.5) is 5.69 Å². The summed E-state index contributed by atoms with van der Waals surface area (Å²) in [7, 11) is 0. The van der Waals surface area contributed by atoms with Crippen LogP contribution in [0.3, 0.4) is 0 Å². The van der Waals surface area contributed by atoms with E-state index in [1.165, 1.54) is 0 Å². The van der Waals surface area contributed by atoms with E-state index in [2.05, 4.69) is 11.9 Å². The van der Waals surface area contributed by atoms with E-state index in [-0.39, 0.29) is 23.9 Å². The maximum atomic E-state index is 11.1. The maximum absolute atomic E-state index is 11.1. The predicted octanol–water partition coefficient (Wildman–Crippen LogP) is 1.70. The first kappa shape index (κ1) is 12.3. The van der Waals surface area contributed by atoms with Gasteiger partial charge in [-0.1, -0.05) is 12.6 Å². The number of hydrogen-bond donors (Lipinski definition) is 2. The number of carbonyl (C=O) groups excluding carboxylic acids is 1. The number of aliphatic carboxylic acids is 1. The molecule has 0 aliphatic carbocycles. The number of carboxylic acid groups (broad SMARTS) is 1. The Bertz CT molecular complexity index is 482. The van der Waals surface area contributed by atoms with Crippen molar-refractivity contribution in [3.8, 4) is 0 Å². The van der Waals surface area contributed by atoms with Crippen LogP contribution in [0.15, 0.2) is 24.8 Å². The zero-order valence-corrected chi connectivity index (χ0v) is 9.13. The third-order valence-electron chi connectivity index (χ3n) is 2.34. The Labute approximate surface area is 98.4 Å². The zero-order valence-electron chi connectivity index (χ0n) is 8.32. The van der Waals surface area contributed by atoms with Crippen LogP contribution in [-0.2, 0) is 16.0 Å². The van der Waals surface area contributed by atoms with Gasteiger partial charge in [-0.15, -0.1) is 12.4 Å². The molecule has 1 amide bonds. The third kappa shape index (κ3) is 2.06. The topological polar surface area (TPSA) is 66.4 Å². The highest BCUT2D eigenvalue weighted by Crippen LogP contribution is 2.26. The molecule has 0 unspecified atom stereocenters. The Morgan fingerprint density at radius 1 is 1.44 bits per heavy atom. The Kier molecular flexibility index (Phi) is 3.34. The quantitative estimate of drug-likeness (QED) is 0.772. The van der Waals surface area contributed by atoms with Gasteiger partial charge in [0.15, 0.2) is 0 Å². The van der Waals surface area contributed by atoms with Crippen LogP contribution < -0.4 is 5.32 Å². The molecule has 1 aliphatic rings. The van der Waals surface area contributed by atoms with E-state index >= 15 is 0 Å². The van der Waals surface area contributed by atoms with Crippen molar-refractivity contribution < 1.29 is 14.7 Å². The summed E-state index contributed by atoms with van der Waals surface area (Å²) in [5, 5.41) is 11.4. The van der Waals surface area contributed by atoms with Crippen LogP contribution in [0.2, 0.25) is 0 Å². The number of anilines is 1. The van der Waals surface area contributed by atoms with Crippen LogP contribution in [0, 0.1) is 0 Å². The van der Waals surface area contributed by atoms with E-state index in [4.69, 9.17) is 5.11 Å². The van der Waals surface area contributed by atoms with Crippen LogP contribution >= 0.6 is 12.4 Å². The Balaban J connectivity index is 0.00000128. The monoisotopic (exact) mass is 239 g/mol. The Hall–Kier alpha value is -1.81. The number of benzene rings is 1. The fourth-order valence-corrected chi connectivity index (χ4v) is 1.54. The third-order valence-corrected chi connectivity index (χ3v) is 2.34. The molecule has 2 N–H and O–H groups in total. The number of rotatable bonds is 2. The molecule has 0 radical (unpaired) electrons. The Morgan fingerprint density at radius 3 is 2.75 bits per heavy atom. The first-order valence-electron chi connectivity index (χ1n) is 4.43. The van der Waals surface area contributed by atoms with Crippen LogP contribution in [-0.4, -0.2) is 17.0 Å². The molecule has 0 saturated heterocycles. The molecule has 0 spiro atoms. The number of nitrogens with one attached hydrogen (secondary N) is 1. The van der Waals surface area contributed by atoms with Gasteiger partial charge in [0.2, 0.25) is 5.91 Å². The molecule has 1 aromatic rings. The SMILES string of the molecule is C=C(C(=O)O)c1ccc2c(c1)CC(=O)N2.Cl. The molecule has 4 nitrogen and oxygen atoms in total. The number of fused-ring (bicyclic) bond motifs is 1. The molecule has 0 saturated carbocycles. The van der Waals surface area contributed by atoms with Gasteiger partial charge in [-0.05, 0) is 23.3 Å². The van der Waals surface area contributed by atoms with Crippen molar-refractivity contribution in [1.82, 2.24) is 0 Å². The number of carbonyl (C=O) groups is 2. The molecule has 0 aromatic heterocycles. The second-order valence-electron chi connectivity index (χ2n) is 3.38. The highest BCUT2D eigenvalue weighted by Gasteiger charge is 2.18. The lowest BCUT2D eigenvalue weighted by Gasteiger charge is -2.03. The van der Waals surface area contributed by atoms with E-state index < -0.39 is 5.97 Å². The van der Waals surface area contributed by atoms with Crippen molar-refractivity contribution in [2.75, 3.05) is 5.32 Å². The van der Waals surface area contributed by atoms with Crippen molar-refractivity contribution in [2.24, 2.45) is 0 Å². The van der Waals surface area contributed by atoms with Crippen LogP contribution in [0.5, 0.6) is 0 Å². The van der Waals surface area contributed by atoms with Crippen LogP contribution in [0.1, 0.15) is 11.1 Å². The molecule has 84 valence electrons. The summed E-state index contributed by atoms with van der Waals surface area (Å²) in [6.07, 6.45) is 0.302. The number of amides is 1. The van der Waals surface area contributed by atoms with Crippen LogP contribution in [0.25, 0.3) is 5.57 Å². The molecule has 1 aliphatic heterocycles. The van der Waals surface area contributed by atoms with E-state index in [1.54, 1.807) is 18.2 Å². The highest BCUT2D eigenvalue weighted by atomic mass is 35.5. The summed E-state index contributed by atoms with van der Waals surface area (Å²) in [4.78, 5) is 21.7. The molecular weight excluding hydrogens is 230 g/mol. The standard InChI is InChI=1S/C11H9NO3.ClH/c1-6(11(14)15)7-2-3-9-8(4-7)5-10(13)12-9;/h2-4H,1,5H2,(H,12,13)(H,14,15);1H. The Morgan fingerprint density at radius 2 is 2.12 bits per heavy atom. The average Bonchev–Trinajstić information content (AvgIpc) is 2.55. The summed E-state index contributed by atoms with van der Waals surface area (Å²) in [6.45, 7) is 3.46. The molecule has 5 heteroatoms. The lowest BCUT2D eigenvalue weighted by Crippen LogP contribution is -2.03. The van der Waals surface area contributed by atoms with Gasteiger partial charge in [-0.3, -0.25) is 4.79 Å². The predicted molar refractivity (Wildman–Crippen MR) is 62.7 cm³/mol. The minimum absolute atomic E-state index is 0. The van der Waals surface area contributed by atoms with Crippen molar-refractivity contribution in [3.63, 3.8) is 0 Å². The van der Waals surface area contributed by atoms with Gasteiger partial charge in [-0.25, -0.2) is 4.79 Å². The smallest absolute Gasteiger partial charge is 0.335 e. The molecular formula is C11H10ClNO3. The van der Waals surface area contributed by atoms with E-state index in [0.717, 1.165) is 11.3 Å². The summed E-state index contributed by atoms with van der Waals surface area (Å²) >= 11 is 0. The average molecular weight is 240 g/mol. The molecule has 1 heterocycles. The van der Waals surface area contributed by atoms with Gasteiger partial charge in [0.1, 0.15) is 0 Å². The molecule has 0 atom stereocenters. The minimum atomic E-state index is -1.05. The minimum Gasteiger partial charge on any atom is -0.478 e. The van der Waals surface area contributed by atoms with Crippen molar-refractivity contribution in [1.29, 1.82) is 0 Å². The number of halogens is 1. The van der Waals surface area contributed by atoms with Gasteiger partial charge in [0, 0.05) is 5.69 Å². The van der Waals surface area contributed by atoms with Gasteiger partial charge >= 0.3 is 5.97 Å². The normalized spacial score (nSPS) is 12.4. The molecule has 1 aromatic carbocycles. The van der Waals surface area contributed by atoms with Crippen molar-refractivity contribution in [3.05, 3.63) is 35.9 Å². The lowest BCUT2D eigenvalue weighted by molar-refractivity contribution is -0.130. The molecule has 0 bridgehead atoms. The second-order valence-corrected chi connectivity index (χ2v) is 3.38. The summed E-state index contributed by atoms with van der Waals surface area (Å²) in [5.74, 6) is -1.12. The van der Waals surface area contributed by atoms with E-state index in [9.17, 15) is 9.59 Å². The zero-order chi connectivity index (χ0) is 11.0. The molecule has 0 fully saturated rings. The fraction of sp³-hybridized carbons (Fsp3) is 0.0909. The largest absolute Gasteiger partial charge is 0.478 e. The van der Waals surface area contributed by atoms with Gasteiger partial charge in [0.25, 0.3) is 0 Å². The summed E-state index contributed by atoms with van der Waals surface area (Å²) in [5.41, 5.74) is 2.15. The van der Waals surface area contributed by atoms with E-state index in [0.29, 0.717) is 12.0 Å². The summed E-state index contributed by atoms with van der Waals surface area (Å²) < 4.78 is 0. The molecule has 2 rings (SSSR count). The lowest BCUT2D eigenvalue weighted by atomic mass is 10.0. The first-order valence-corrected chi connectivity index (χ1v) is 4.43. The number of carboxylic acids is 1. The van der Waals surface area contributed by atoms with Gasteiger partial charge in [-0.2, -0.15) is 0 Å². The van der Waals surface area contributed by atoms with Gasteiger partial charge < -0.3 is 10.4 Å². The first-order chi connectivity index (χ1) is 7.08. The van der Waals surface area contributed by atoms with Crippen molar-refractivity contribution in [2.45, 2.75) is 6.42 Å².